The Morgan fingerprint density at radius 3 is 2.67 bits per heavy atom. The summed E-state index contributed by atoms with van der Waals surface area (Å²) in [5.74, 6) is 0.758. The molecule has 0 amide bonds. The largest absolute Gasteiger partial charge is 0.324 e. The van der Waals surface area contributed by atoms with Gasteiger partial charge in [0.25, 0.3) is 5.56 Å². The lowest BCUT2D eigenvalue weighted by atomic mass is 9.91. The minimum Gasteiger partial charge on any atom is -0.324 e. The first-order chi connectivity index (χ1) is 17.2. The number of anilines is 2. The molecule has 1 aromatic carbocycles. The maximum absolute atomic E-state index is 13.4. The summed E-state index contributed by atoms with van der Waals surface area (Å²) in [4.78, 5) is 27.4. The van der Waals surface area contributed by atoms with Crippen molar-refractivity contribution >= 4 is 22.7 Å². The molecule has 0 saturated carbocycles. The number of nitrogens with zero attached hydrogens (tertiary/aromatic N) is 6. The van der Waals surface area contributed by atoms with E-state index in [1.54, 1.807) is 21.6 Å². The van der Waals surface area contributed by atoms with Gasteiger partial charge in [0.2, 0.25) is 5.95 Å². The molecule has 4 heterocycles. The highest BCUT2D eigenvalue weighted by Crippen LogP contribution is 2.27. The van der Waals surface area contributed by atoms with E-state index < -0.39 is 0 Å². The van der Waals surface area contributed by atoms with E-state index in [-0.39, 0.29) is 17.0 Å². The zero-order chi connectivity index (χ0) is 25.6. The van der Waals surface area contributed by atoms with Crippen LogP contribution in [0.4, 0.5) is 11.6 Å². The Labute approximate surface area is 209 Å². The summed E-state index contributed by atoms with van der Waals surface area (Å²) in [7, 11) is 0. The van der Waals surface area contributed by atoms with E-state index in [0.717, 1.165) is 30.9 Å². The molecule has 0 spiro atoms. The summed E-state index contributed by atoms with van der Waals surface area (Å²) >= 11 is 0. The quantitative estimate of drug-likeness (QED) is 0.450. The van der Waals surface area contributed by atoms with Crippen molar-refractivity contribution in [1.29, 1.82) is 5.26 Å². The van der Waals surface area contributed by atoms with Crippen molar-refractivity contribution in [2.75, 3.05) is 11.9 Å². The Morgan fingerprint density at radius 1 is 1.14 bits per heavy atom. The molecule has 4 aromatic rings. The molecule has 0 bridgehead atoms. The molecule has 2 N–H and O–H groups in total. The van der Waals surface area contributed by atoms with E-state index in [4.69, 9.17) is 9.97 Å². The van der Waals surface area contributed by atoms with Crippen LogP contribution in [0.5, 0.6) is 0 Å². The zero-order valence-corrected chi connectivity index (χ0v) is 21.3. The number of nitriles is 1. The van der Waals surface area contributed by atoms with Gasteiger partial charge in [0.15, 0.2) is 11.5 Å². The average molecular weight is 483 g/mol. The Balaban J connectivity index is 1.69. The monoisotopic (exact) mass is 482 g/mol. The third kappa shape index (κ3) is 4.14. The Bertz CT molecular complexity index is 1570. The number of pyridine rings is 1. The van der Waals surface area contributed by atoms with Crippen molar-refractivity contribution in [3.8, 4) is 11.9 Å². The number of rotatable bonds is 4. The summed E-state index contributed by atoms with van der Waals surface area (Å²) in [6.07, 6.45) is 2.51. The molecule has 1 aliphatic heterocycles. The van der Waals surface area contributed by atoms with Crippen LogP contribution in [-0.2, 0) is 18.4 Å². The normalized spacial score (nSPS) is 13.6. The first-order valence-corrected chi connectivity index (χ1v) is 12.2. The summed E-state index contributed by atoms with van der Waals surface area (Å²) in [5, 5.41) is 16.9. The maximum Gasteiger partial charge on any atom is 0.278 e. The molecule has 184 valence electrons. The second-order valence-corrected chi connectivity index (χ2v) is 10.5. The first-order valence-electron chi connectivity index (χ1n) is 12.2. The van der Waals surface area contributed by atoms with E-state index in [1.807, 2.05) is 26.0 Å². The predicted molar refractivity (Wildman–Crippen MR) is 140 cm³/mol. The summed E-state index contributed by atoms with van der Waals surface area (Å²) < 4.78 is 3.26. The highest BCUT2D eigenvalue weighted by molar-refractivity contribution is 5.77. The lowest BCUT2D eigenvalue weighted by molar-refractivity contribution is 0.468. The lowest BCUT2D eigenvalue weighted by Crippen LogP contribution is -2.26. The molecule has 5 rings (SSSR count). The van der Waals surface area contributed by atoms with Gasteiger partial charge in [-0.05, 0) is 62.2 Å². The first kappa shape index (κ1) is 23.7. The molecule has 3 aromatic heterocycles. The Hall–Kier alpha value is -4.03. The molecule has 0 saturated heterocycles. The van der Waals surface area contributed by atoms with E-state index in [2.05, 4.69) is 54.6 Å². The van der Waals surface area contributed by atoms with E-state index in [0.29, 0.717) is 28.4 Å². The predicted octanol–water partition coefficient (Wildman–Crippen LogP) is 4.12. The van der Waals surface area contributed by atoms with Gasteiger partial charge >= 0.3 is 0 Å². The molecule has 0 unspecified atom stereocenters. The van der Waals surface area contributed by atoms with E-state index >= 15 is 0 Å². The molecule has 0 radical (unpaired) electrons. The third-order valence-electron chi connectivity index (χ3n) is 6.43. The Kier molecular flexibility index (Phi) is 5.85. The molecule has 0 atom stereocenters. The molecule has 9 nitrogen and oxygen atoms in total. The van der Waals surface area contributed by atoms with Gasteiger partial charge in [-0.2, -0.15) is 10.2 Å². The molecular formula is C27H30N8O. The minimum absolute atomic E-state index is 0.191. The topological polar surface area (TPSA) is 113 Å². The van der Waals surface area contributed by atoms with Crippen LogP contribution in [0.25, 0.3) is 16.9 Å². The van der Waals surface area contributed by atoms with E-state index in [1.165, 1.54) is 11.1 Å². The summed E-state index contributed by atoms with van der Waals surface area (Å²) in [6, 6.07) is 11.9. The van der Waals surface area contributed by atoms with Crippen LogP contribution < -0.4 is 16.2 Å². The second-order valence-electron chi connectivity index (χ2n) is 10.5. The number of aromatic nitrogens is 5. The van der Waals surface area contributed by atoms with Crippen LogP contribution in [-0.4, -0.2) is 30.9 Å². The molecule has 0 fully saturated rings. The highest BCUT2D eigenvalue weighted by Gasteiger charge is 2.24. The van der Waals surface area contributed by atoms with Crippen LogP contribution in [0.3, 0.4) is 0 Å². The fourth-order valence-corrected chi connectivity index (χ4v) is 4.53. The van der Waals surface area contributed by atoms with Crippen LogP contribution in [0.1, 0.15) is 63.0 Å². The zero-order valence-electron chi connectivity index (χ0n) is 21.3. The van der Waals surface area contributed by atoms with Gasteiger partial charge in [-0.1, -0.05) is 26.8 Å². The lowest BCUT2D eigenvalue weighted by Gasteiger charge is -2.21. The minimum atomic E-state index is -0.238. The van der Waals surface area contributed by atoms with Crippen LogP contribution in [0.15, 0.2) is 41.3 Å². The molecule has 36 heavy (non-hydrogen) atoms. The van der Waals surface area contributed by atoms with Crippen LogP contribution >= 0.6 is 0 Å². The number of benzene rings is 1. The van der Waals surface area contributed by atoms with Crippen LogP contribution in [0, 0.1) is 11.3 Å². The molecular weight excluding hydrogens is 452 g/mol. The third-order valence-corrected chi connectivity index (χ3v) is 6.43. The highest BCUT2D eigenvalue weighted by atomic mass is 16.1. The Morgan fingerprint density at radius 2 is 1.94 bits per heavy atom. The van der Waals surface area contributed by atoms with Crippen molar-refractivity contribution in [3.63, 3.8) is 0 Å². The van der Waals surface area contributed by atoms with Gasteiger partial charge in [0.05, 0.1) is 5.56 Å². The molecule has 0 aliphatic carbocycles. The van der Waals surface area contributed by atoms with Crippen molar-refractivity contribution in [2.45, 2.75) is 59.0 Å². The number of hydrogen-bond donors (Lipinski definition) is 2. The summed E-state index contributed by atoms with van der Waals surface area (Å²) in [5.41, 5.74) is 4.60. The summed E-state index contributed by atoms with van der Waals surface area (Å²) in [6.45, 7) is 11.9. The SMILES string of the molecule is CC(C)n1c(=O)c2cnc(Nc3ccc4c(c3)CCNC4)nc2n1-c1nc(C(C)(C)C)ccc1C#N. The van der Waals surface area contributed by atoms with Gasteiger partial charge in [-0.25, -0.2) is 19.3 Å². The van der Waals surface area contributed by atoms with Gasteiger partial charge in [0.1, 0.15) is 11.5 Å². The smallest absolute Gasteiger partial charge is 0.278 e. The van der Waals surface area contributed by atoms with Gasteiger partial charge < -0.3 is 10.6 Å². The van der Waals surface area contributed by atoms with Crippen LogP contribution in [0.2, 0.25) is 0 Å². The fourth-order valence-electron chi connectivity index (χ4n) is 4.53. The van der Waals surface area contributed by atoms with Gasteiger partial charge in [0, 0.05) is 35.6 Å². The van der Waals surface area contributed by atoms with Crippen molar-refractivity contribution in [3.05, 3.63) is 69.3 Å². The second kappa shape index (κ2) is 8.88. The number of nitrogens with one attached hydrogen (secondary N) is 2. The van der Waals surface area contributed by atoms with Crippen molar-refractivity contribution in [1.82, 2.24) is 29.6 Å². The maximum atomic E-state index is 13.4. The van der Waals surface area contributed by atoms with Crippen molar-refractivity contribution < 1.29 is 0 Å². The number of fused-ring (bicyclic) bond motifs is 2. The molecule has 9 heteroatoms. The molecule has 1 aliphatic rings. The van der Waals surface area contributed by atoms with Gasteiger partial charge in [-0.3, -0.25) is 4.79 Å². The number of hydrogen-bond acceptors (Lipinski definition) is 7. The average Bonchev–Trinajstić information content (AvgIpc) is 3.14. The standard InChI is InChI=1S/C27H30N8O/c1-16(2)34-25(36)21-15-30-26(31-20-8-6-19-14-29-11-10-17(19)12-20)33-24(21)35(34)23-18(13-28)7-9-22(32-23)27(3,4)5/h6-9,12,15-16,29H,10-11,14H2,1-5H3,(H,30,31,33). The fraction of sp³-hybridized carbons (Fsp3) is 0.370. The van der Waals surface area contributed by atoms with Crippen molar-refractivity contribution in [2.24, 2.45) is 0 Å². The van der Waals surface area contributed by atoms with E-state index in [9.17, 15) is 10.1 Å². The van der Waals surface area contributed by atoms with Gasteiger partial charge in [-0.15, -0.1) is 0 Å².